The number of carbonyl (C=O) groups excluding carboxylic acids is 3. The highest BCUT2D eigenvalue weighted by atomic mass is 16.3. The van der Waals surface area contributed by atoms with Crippen molar-refractivity contribution in [2.45, 2.75) is 50.5 Å². The van der Waals surface area contributed by atoms with Gasteiger partial charge in [-0.25, -0.2) is 0 Å². The molecule has 1 N–H and O–H groups in total. The Morgan fingerprint density at radius 2 is 1.50 bits per heavy atom. The minimum absolute atomic E-state index is 0.161. The summed E-state index contributed by atoms with van der Waals surface area (Å²) in [5.41, 5.74) is -1.05. The average molecular weight is 254 g/mol. The molecule has 4 heteroatoms. The lowest BCUT2D eigenvalue weighted by Gasteiger charge is -2.35. The maximum absolute atomic E-state index is 10.6. The maximum Gasteiger partial charge on any atom is 0.120 e. The van der Waals surface area contributed by atoms with Gasteiger partial charge in [-0.2, -0.15) is 0 Å². The highest BCUT2D eigenvalue weighted by Gasteiger charge is 2.34. The Kier molecular flexibility index (Phi) is 9.01. The Balaban J connectivity index is 4.77. The Morgan fingerprint density at radius 1 is 1.00 bits per heavy atom. The largest absolute Gasteiger partial charge is 0.389 e. The second-order valence-corrected chi connectivity index (χ2v) is 4.49. The molecule has 0 aromatic carbocycles. The molecule has 0 aliphatic carbocycles. The fourth-order valence-electron chi connectivity index (χ4n) is 2.25. The van der Waals surface area contributed by atoms with Crippen molar-refractivity contribution in [3.05, 3.63) is 12.7 Å². The van der Waals surface area contributed by atoms with Gasteiger partial charge in [0, 0.05) is 19.3 Å². The minimum Gasteiger partial charge on any atom is -0.389 e. The minimum atomic E-state index is -1.05. The molecule has 0 fully saturated rings. The molecule has 0 aromatic rings. The molecule has 0 amide bonds. The van der Waals surface area contributed by atoms with Crippen molar-refractivity contribution in [2.24, 2.45) is 5.92 Å². The van der Waals surface area contributed by atoms with Crippen LogP contribution in [0.4, 0.5) is 0 Å². The zero-order valence-electron chi connectivity index (χ0n) is 10.7. The Bertz CT molecular complexity index is 263. The third-order valence-corrected chi connectivity index (χ3v) is 3.22. The number of hydrogen-bond acceptors (Lipinski definition) is 4. The quantitative estimate of drug-likeness (QED) is 0.426. The van der Waals surface area contributed by atoms with Crippen LogP contribution in [0.15, 0.2) is 12.7 Å². The molecule has 0 aliphatic rings. The first-order chi connectivity index (χ1) is 8.64. The normalized spacial score (nSPS) is 13.9. The van der Waals surface area contributed by atoms with Gasteiger partial charge in [0.2, 0.25) is 0 Å². The topological polar surface area (TPSA) is 71.4 Å². The number of carbonyl (C=O) groups is 3. The summed E-state index contributed by atoms with van der Waals surface area (Å²) in [6, 6.07) is 0. The van der Waals surface area contributed by atoms with Crippen LogP contribution in [0.1, 0.15) is 44.9 Å². The monoisotopic (exact) mass is 254 g/mol. The van der Waals surface area contributed by atoms with Crippen LogP contribution in [-0.2, 0) is 14.4 Å². The Labute approximate surface area is 108 Å². The Hall–Kier alpha value is -1.29. The second kappa shape index (κ2) is 9.71. The zero-order chi connectivity index (χ0) is 13.9. The summed E-state index contributed by atoms with van der Waals surface area (Å²) in [4.78, 5) is 31.4. The molecule has 0 aromatic heterocycles. The van der Waals surface area contributed by atoms with E-state index in [2.05, 4.69) is 6.58 Å². The summed E-state index contributed by atoms with van der Waals surface area (Å²) in [6.07, 6.45) is 6.72. The van der Waals surface area contributed by atoms with Crippen LogP contribution in [-0.4, -0.2) is 29.6 Å². The zero-order valence-corrected chi connectivity index (χ0v) is 10.7. The van der Waals surface area contributed by atoms with Gasteiger partial charge in [-0.15, -0.1) is 6.58 Å². The van der Waals surface area contributed by atoms with Crippen molar-refractivity contribution in [2.75, 3.05) is 0 Å². The lowest BCUT2D eigenvalue weighted by atomic mass is 9.76. The van der Waals surface area contributed by atoms with Gasteiger partial charge >= 0.3 is 0 Å². The van der Waals surface area contributed by atoms with Crippen LogP contribution in [0.2, 0.25) is 0 Å². The number of rotatable bonds is 12. The first kappa shape index (κ1) is 16.7. The fourth-order valence-corrected chi connectivity index (χ4v) is 2.25. The van der Waals surface area contributed by atoms with Gasteiger partial charge < -0.3 is 19.5 Å². The molecule has 4 nitrogen and oxygen atoms in total. The van der Waals surface area contributed by atoms with Gasteiger partial charge in [0.15, 0.2) is 0 Å². The van der Waals surface area contributed by atoms with Crippen molar-refractivity contribution >= 4 is 18.9 Å². The van der Waals surface area contributed by atoms with Crippen molar-refractivity contribution in [3.8, 4) is 0 Å². The maximum atomic E-state index is 10.6. The standard InChI is InChI=1S/C14H22O4/c1-2-8-14(18,9-5-12-17)13(6-3-10-15)7-4-11-16/h2,10-13,18H,1,3-9H2. The molecule has 0 rings (SSSR count). The van der Waals surface area contributed by atoms with Gasteiger partial charge in [-0.05, 0) is 31.6 Å². The molecule has 1 atom stereocenters. The number of hydrogen-bond donors (Lipinski definition) is 1. The van der Waals surface area contributed by atoms with E-state index in [0.29, 0.717) is 38.5 Å². The highest BCUT2D eigenvalue weighted by Crippen LogP contribution is 2.33. The summed E-state index contributed by atoms with van der Waals surface area (Å²) in [5, 5.41) is 10.6. The first-order valence-corrected chi connectivity index (χ1v) is 6.28. The smallest absolute Gasteiger partial charge is 0.120 e. The molecule has 0 spiro atoms. The van der Waals surface area contributed by atoms with Gasteiger partial charge in [0.25, 0.3) is 0 Å². The molecule has 18 heavy (non-hydrogen) atoms. The molecule has 1 unspecified atom stereocenters. The van der Waals surface area contributed by atoms with Crippen LogP contribution in [0.5, 0.6) is 0 Å². The third-order valence-electron chi connectivity index (χ3n) is 3.22. The molecular formula is C14H22O4. The van der Waals surface area contributed by atoms with Crippen LogP contribution in [0.3, 0.4) is 0 Å². The molecule has 102 valence electrons. The molecule has 0 bridgehead atoms. The molecule has 0 saturated carbocycles. The molecule has 0 aliphatic heterocycles. The molecule has 0 radical (unpaired) electrons. The fraction of sp³-hybridized carbons (Fsp3) is 0.643. The summed E-state index contributed by atoms with van der Waals surface area (Å²) in [6.45, 7) is 3.61. The van der Waals surface area contributed by atoms with E-state index in [1.807, 2.05) is 0 Å². The van der Waals surface area contributed by atoms with E-state index < -0.39 is 5.60 Å². The summed E-state index contributed by atoms with van der Waals surface area (Å²) in [7, 11) is 0. The van der Waals surface area contributed by atoms with Crippen molar-refractivity contribution < 1.29 is 19.5 Å². The third kappa shape index (κ3) is 5.87. The summed E-state index contributed by atoms with van der Waals surface area (Å²) < 4.78 is 0. The molecule has 0 saturated heterocycles. The first-order valence-electron chi connectivity index (χ1n) is 6.28. The second-order valence-electron chi connectivity index (χ2n) is 4.49. The average Bonchev–Trinajstić information content (AvgIpc) is 2.37. The van der Waals surface area contributed by atoms with E-state index in [1.54, 1.807) is 6.08 Å². The van der Waals surface area contributed by atoms with E-state index >= 15 is 0 Å². The van der Waals surface area contributed by atoms with Crippen LogP contribution in [0.25, 0.3) is 0 Å². The predicted octanol–water partition coefficient (Wildman–Crippen LogP) is 1.85. The summed E-state index contributed by atoms with van der Waals surface area (Å²) in [5.74, 6) is -0.161. The van der Waals surface area contributed by atoms with E-state index in [4.69, 9.17) is 0 Å². The number of aliphatic hydroxyl groups is 1. The van der Waals surface area contributed by atoms with Crippen molar-refractivity contribution in [1.29, 1.82) is 0 Å². The lowest BCUT2D eigenvalue weighted by molar-refractivity contribution is -0.112. The predicted molar refractivity (Wildman–Crippen MR) is 69.1 cm³/mol. The van der Waals surface area contributed by atoms with Crippen molar-refractivity contribution in [3.63, 3.8) is 0 Å². The van der Waals surface area contributed by atoms with E-state index in [9.17, 15) is 19.5 Å². The lowest BCUT2D eigenvalue weighted by Crippen LogP contribution is -2.38. The van der Waals surface area contributed by atoms with Gasteiger partial charge in [0.05, 0.1) is 5.60 Å². The van der Waals surface area contributed by atoms with Crippen LogP contribution >= 0.6 is 0 Å². The van der Waals surface area contributed by atoms with Gasteiger partial charge in [0.1, 0.15) is 18.9 Å². The Morgan fingerprint density at radius 3 is 1.89 bits per heavy atom. The van der Waals surface area contributed by atoms with E-state index in [1.165, 1.54) is 0 Å². The highest BCUT2D eigenvalue weighted by molar-refractivity contribution is 5.50. The van der Waals surface area contributed by atoms with Crippen LogP contribution in [0, 0.1) is 5.92 Å². The molecule has 0 heterocycles. The molecular weight excluding hydrogens is 232 g/mol. The van der Waals surface area contributed by atoms with Crippen LogP contribution < -0.4 is 0 Å². The van der Waals surface area contributed by atoms with Gasteiger partial charge in [-0.3, -0.25) is 0 Å². The van der Waals surface area contributed by atoms with E-state index in [-0.39, 0.29) is 12.3 Å². The van der Waals surface area contributed by atoms with Crippen molar-refractivity contribution in [1.82, 2.24) is 0 Å². The summed E-state index contributed by atoms with van der Waals surface area (Å²) >= 11 is 0. The van der Waals surface area contributed by atoms with E-state index in [0.717, 1.165) is 18.9 Å². The van der Waals surface area contributed by atoms with Gasteiger partial charge in [-0.1, -0.05) is 6.08 Å². The number of aldehydes is 3. The SMILES string of the molecule is C=CCC(O)(CCC=O)C(CCC=O)CCC=O.